The molecule has 4 nitrogen and oxygen atoms in total. The average molecular weight is 623 g/mol. The third-order valence-corrected chi connectivity index (χ3v) is 9.33. The van der Waals surface area contributed by atoms with Gasteiger partial charge in [-0.15, -0.1) is 0 Å². The van der Waals surface area contributed by atoms with Crippen molar-refractivity contribution in [3.8, 4) is 0 Å². The number of hydrogen-bond acceptors (Lipinski definition) is 3. The first kappa shape index (κ1) is 42.9. The van der Waals surface area contributed by atoms with Gasteiger partial charge in [0, 0.05) is 12.8 Å². The van der Waals surface area contributed by atoms with Crippen LogP contribution in [-0.4, -0.2) is 23.1 Å². The number of rotatable bonds is 37. The van der Waals surface area contributed by atoms with Crippen molar-refractivity contribution in [2.24, 2.45) is 0 Å². The van der Waals surface area contributed by atoms with Gasteiger partial charge < -0.3 is 9.84 Å². The van der Waals surface area contributed by atoms with Crippen LogP contribution in [0, 0.1) is 0 Å². The van der Waals surface area contributed by atoms with Crippen LogP contribution in [-0.2, 0) is 14.3 Å². The average Bonchev–Trinajstić information content (AvgIpc) is 3.01. The molecule has 0 spiro atoms. The van der Waals surface area contributed by atoms with E-state index >= 15 is 0 Å². The van der Waals surface area contributed by atoms with Crippen molar-refractivity contribution < 1.29 is 19.4 Å². The molecule has 0 saturated heterocycles. The van der Waals surface area contributed by atoms with Gasteiger partial charge in [-0.25, -0.2) is 0 Å². The molecule has 0 aromatic carbocycles. The molecule has 0 heterocycles. The van der Waals surface area contributed by atoms with Crippen LogP contribution in [0.4, 0.5) is 0 Å². The number of ether oxygens (including phenoxy) is 1. The molecule has 0 bridgehead atoms. The predicted molar refractivity (Wildman–Crippen MR) is 190 cm³/mol. The molecule has 0 fully saturated rings. The van der Waals surface area contributed by atoms with Gasteiger partial charge >= 0.3 is 11.9 Å². The Bertz CT molecular complexity index is 590. The number of carboxylic acids is 1. The third kappa shape index (κ3) is 35.4. The molecule has 44 heavy (non-hydrogen) atoms. The van der Waals surface area contributed by atoms with E-state index in [1.807, 2.05) is 0 Å². The maximum Gasteiger partial charge on any atom is 0.306 e. The number of carbonyl (C=O) groups is 2. The van der Waals surface area contributed by atoms with Gasteiger partial charge in [-0.2, -0.15) is 0 Å². The summed E-state index contributed by atoms with van der Waals surface area (Å²) < 4.78 is 6.02. The quantitative estimate of drug-likeness (QED) is 0.0553. The van der Waals surface area contributed by atoms with E-state index in [1.54, 1.807) is 0 Å². The lowest BCUT2D eigenvalue weighted by molar-refractivity contribution is -0.150. The Hall–Kier alpha value is -1.06. The Balaban J connectivity index is 4.02. The zero-order chi connectivity index (χ0) is 32.2. The Morgan fingerprint density at radius 1 is 0.409 bits per heavy atom. The fourth-order valence-electron chi connectivity index (χ4n) is 6.36. The maximum absolute atomic E-state index is 12.7. The van der Waals surface area contributed by atoms with Crippen molar-refractivity contribution in [2.75, 3.05) is 0 Å². The lowest BCUT2D eigenvalue weighted by Gasteiger charge is -2.18. The molecule has 0 amide bonds. The summed E-state index contributed by atoms with van der Waals surface area (Å²) in [6.07, 6.45) is 42.6. The summed E-state index contributed by atoms with van der Waals surface area (Å²) in [6.45, 7) is 4.56. The lowest BCUT2D eigenvalue weighted by atomic mass is 10.0. The number of hydrogen-bond donors (Lipinski definition) is 1. The minimum Gasteiger partial charge on any atom is -0.481 e. The van der Waals surface area contributed by atoms with Crippen LogP contribution in [0.5, 0.6) is 0 Å². The Labute approximate surface area is 275 Å². The lowest BCUT2D eigenvalue weighted by Crippen LogP contribution is -2.18. The molecule has 262 valence electrons. The normalized spacial score (nSPS) is 12.0. The summed E-state index contributed by atoms with van der Waals surface area (Å²) in [6, 6.07) is 0. The summed E-state index contributed by atoms with van der Waals surface area (Å²) in [4.78, 5) is 23.3. The van der Waals surface area contributed by atoms with Crippen LogP contribution in [0.1, 0.15) is 239 Å². The highest BCUT2D eigenvalue weighted by atomic mass is 16.5. The summed E-state index contributed by atoms with van der Waals surface area (Å²) >= 11 is 0. The molecule has 0 aliphatic heterocycles. The topological polar surface area (TPSA) is 63.6 Å². The summed E-state index contributed by atoms with van der Waals surface area (Å²) in [5, 5.41) is 8.79. The van der Waals surface area contributed by atoms with Gasteiger partial charge in [0.05, 0.1) is 0 Å². The molecule has 0 rings (SSSR count). The Morgan fingerprint density at radius 2 is 0.682 bits per heavy atom. The van der Waals surface area contributed by atoms with Crippen LogP contribution >= 0.6 is 0 Å². The van der Waals surface area contributed by atoms with E-state index in [4.69, 9.17) is 9.84 Å². The van der Waals surface area contributed by atoms with E-state index in [9.17, 15) is 9.59 Å². The standard InChI is InChI=1S/C40H78O4/c1-3-5-7-9-11-13-15-17-19-21-23-29-33-37-40(43)44-38(35-31-27-24-25-28-32-36-39(41)42)34-30-26-22-20-18-16-14-12-10-8-6-4-2/h38H,3-37H2,1-2H3,(H,41,42). The summed E-state index contributed by atoms with van der Waals surface area (Å²) in [5.41, 5.74) is 0. The molecule has 0 aromatic rings. The van der Waals surface area contributed by atoms with Gasteiger partial charge in [0.1, 0.15) is 6.10 Å². The molecular formula is C40H78O4. The van der Waals surface area contributed by atoms with E-state index in [2.05, 4.69) is 13.8 Å². The van der Waals surface area contributed by atoms with Gasteiger partial charge in [-0.1, -0.05) is 187 Å². The summed E-state index contributed by atoms with van der Waals surface area (Å²) in [7, 11) is 0. The second-order valence-electron chi connectivity index (χ2n) is 13.8. The van der Waals surface area contributed by atoms with Crippen molar-refractivity contribution in [3.05, 3.63) is 0 Å². The second kappa shape index (κ2) is 36.4. The van der Waals surface area contributed by atoms with Crippen LogP contribution in [0.25, 0.3) is 0 Å². The number of aliphatic carboxylic acids is 1. The predicted octanol–water partition coefficient (Wildman–Crippen LogP) is 13.7. The minimum atomic E-state index is -0.689. The van der Waals surface area contributed by atoms with Crippen molar-refractivity contribution in [3.63, 3.8) is 0 Å². The van der Waals surface area contributed by atoms with E-state index < -0.39 is 5.97 Å². The second-order valence-corrected chi connectivity index (χ2v) is 13.8. The first-order valence-electron chi connectivity index (χ1n) is 20.0. The van der Waals surface area contributed by atoms with Crippen LogP contribution in [0.3, 0.4) is 0 Å². The van der Waals surface area contributed by atoms with E-state index in [-0.39, 0.29) is 18.5 Å². The monoisotopic (exact) mass is 623 g/mol. The molecule has 1 N–H and O–H groups in total. The third-order valence-electron chi connectivity index (χ3n) is 9.33. The van der Waals surface area contributed by atoms with E-state index in [1.165, 1.54) is 148 Å². The number of unbranched alkanes of at least 4 members (excludes halogenated alkanes) is 28. The van der Waals surface area contributed by atoms with Gasteiger partial charge in [-0.05, 0) is 38.5 Å². The zero-order valence-electron chi connectivity index (χ0n) is 30.0. The zero-order valence-corrected chi connectivity index (χ0v) is 30.0. The SMILES string of the molecule is CCCCCCCCCCCCCCCC(=O)OC(CCCCCCCCCCCCCC)CCCCCCCCC(=O)O. The Kier molecular flexibility index (Phi) is 35.5. The van der Waals surface area contributed by atoms with Crippen molar-refractivity contribution in [1.82, 2.24) is 0 Å². The number of carboxylic acid groups (broad SMARTS) is 1. The molecule has 0 aromatic heterocycles. The molecule has 0 saturated carbocycles. The smallest absolute Gasteiger partial charge is 0.306 e. The van der Waals surface area contributed by atoms with Gasteiger partial charge in [0.25, 0.3) is 0 Å². The van der Waals surface area contributed by atoms with Crippen molar-refractivity contribution in [2.45, 2.75) is 245 Å². The van der Waals surface area contributed by atoms with Crippen LogP contribution < -0.4 is 0 Å². The first-order valence-corrected chi connectivity index (χ1v) is 20.0. The molecule has 0 aliphatic carbocycles. The fraction of sp³-hybridized carbons (Fsp3) is 0.950. The summed E-state index contributed by atoms with van der Waals surface area (Å²) in [5.74, 6) is -0.669. The molecule has 1 atom stereocenters. The maximum atomic E-state index is 12.7. The molecule has 4 heteroatoms. The fourth-order valence-corrected chi connectivity index (χ4v) is 6.36. The van der Waals surface area contributed by atoms with E-state index in [0.29, 0.717) is 6.42 Å². The Morgan fingerprint density at radius 3 is 1.00 bits per heavy atom. The van der Waals surface area contributed by atoms with E-state index in [0.717, 1.165) is 64.2 Å². The molecule has 0 radical (unpaired) electrons. The van der Waals surface area contributed by atoms with Gasteiger partial charge in [0.2, 0.25) is 0 Å². The molecule has 0 aliphatic rings. The molecular weight excluding hydrogens is 544 g/mol. The van der Waals surface area contributed by atoms with Crippen molar-refractivity contribution >= 4 is 11.9 Å². The number of carbonyl (C=O) groups excluding carboxylic acids is 1. The van der Waals surface area contributed by atoms with Crippen LogP contribution in [0.15, 0.2) is 0 Å². The highest BCUT2D eigenvalue weighted by Crippen LogP contribution is 2.19. The molecule has 1 unspecified atom stereocenters. The highest BCUT2D eigenvalue weighted by Gasteiger charge is 2.14. The highest BCUT2D eigenvalue weighted by molar-refractivity contribution is 5.69. The van der Waals surface area contributed by atoms with Crippen LogP contribution in [0.2, 0.25) is 0 Å². The van der Waals surface area contributed by atoms with Crippen molar-refractivity contribution in [1.29, 1.82) is 0 Å². The van der Waals surface area contributed by atoms with Gasteiger partial charge in [0.15, 0.2) is 0 Å². The minimum absolute atomic E-state index is 0.0191. The largest absolute Gasteiger partial charge is 0.481 e. The van der Waals surface area contributed by atoms with Gasteiger partial charge in [-0.3, -0.25) is 9.59 Å². The number of esters is 1. The first-order chi connectivity index (χ1) is 21.6.